The zero-order chi connectivity index (χ0) is 14.5. The minimum Gasteiger partial charge on any atom is -0.337 e. The third kappa shape index (κ3) is 3.82. The molecule has 20 heavy (non-hydrogen) atoms. The zero-order valence-electron chi connectivity index (χ0n) is 11.8. The Hall–Kier alpha value is -1.37. The van der Waals surface area contributed by atoms with Gasteiger partial charge in [-0.3, -0.25) is 0 Å². The molecule has 110 valence electrons. The highest BCUT2D eigenvalue weighted by atomic mass is 79.9. The number of carbonyl (C=O) groups excluding carboxylic acids is 1. The van der Waals surface area contributed by atoms with Gasteiger partial charge < -0.3 is 15.1 Å². The highest BCUT2D eigenvalue weighted by molar-refractivity contribution is 9.10. The topological polar surface area (TPSA) is 61.4 Å². The van der Waals surface area contributed by atoms with E-state index in [0.29, 0.717) is 13.1 Å². The summed E-state index contributed by atoms with van der Waals surface area (Å²) >= 11 is 3.32. The molecule has 1 saturated heterocycles. The van der Waals surface area contributed by atoms with Crippen molar-refractivity contribution in [2.24, 2.45) is 0 Å². The van der Waals surface area contributed by atoms with Crippen molar-refractivity contribution >= 4 is 27.9 Å². The standard InChI is InChI=1S/C13H20BrN5O/c1-3-10(2)17-13(20)19-6-4-18(5-7-19)12-15-8-11(14)9-16-12/h8-10H,3-7H2,1-2H3,(H,17,20)/t10-/m1/s1. The summed E-state index contributed by atoms with van der Waals surface area (Å²) in [6.07, 6.45) is 4.42. The number of hydrogen-bond donors (Lipinski definition) is 1. The average molecular weight is 342 g/mol. The summed E-state index contributed by atoms with van der Waals surface area (Å²) in [5, 5.41) is 2.99. The summed E-state index contributed by atoms with van der Waals surface area (Å²) in [5.41, 5.74) is 0. The van der Waals surface area contributed by atoms with Crippen LogP contribution in [-0.4, -0.2) is 53.1 Å². The molecule has 0 aliphatic carbocycles. The first kappa shape index (κ1) is 15.0. The lowest BCUT2D eigenvalue weighted by atomic mass is 10.2. The number of hydrogen-bond acceptors (Lipinski definition) is 4. The van der Waals surface area contributed by atoms with Crippen LogP contribution in [0.3, 0.4) is 0 Å². The smallest absolute Gasteiger partial charge is 0.317 e. The monoisotopic (exact) mass is 341 g/mol. The molecule has 1 aromatic rings. The van der Waals surface area contributed by atoms with E-state index in [1.165, 1.54) is 0 Å². The fourth-order valence-corrected chi connectivity index (χ4v) is 2.19. The van der Waals surface area contributed by atoms with E-state index >= 15 is 0 Å². The molecule has 1 aliphatic rings. The van der Waals surface area contributed by atoms with E-state index in [1.807, 2.05) is 11.8 Å². The van der Waals surface area contributed by atoms with Crippen molar-refractivity contribution in [1.82, 2.24) is 20.2 Å². The Morgan fingerprint density at radius 2 is 1.95 bits per heavy atom. The Labute approximate surface area is 127 Å². The first-order chi connectivity index (χ1) is 9.60. The van der Waals surface area contributed by atoms with Crippen LogP contribution < -0.4 is 10.2 Å². The second-order valence-electron chi connectivity index (χ2n) is 4.93. The number of aromatic nitrogens is 2. The highest BCUT2D eigenvalue weighted by Crippen LogP contribution is 2.13. The summed E-state index contributed by atoms with van der Waals surface area (Å²) in [4.78, 5) is 24.5. The van der Waals surface area contributed by atoms with E-state index in [2.05, 4.69) is 43.0 Å². The predicted molar refractivity (Wildman–Crippen MR) is 81.8 cm³/mol. The Bertz CT molecular complexity index is 445. The Morgan fingerprint density at radius 3 is 2.50 bits per heavy atom. The second kappa shape index (κ2) is 6.88. The van der Waals surface area contributed by atoms with Crippen LogP contribution in [0.15, 0.2) is 16.9 Å². The Kier molecular flexibility index (Phi) is 5.17. The normalized spacial score (nSPS) is 16.9. The van der Waals surface area contributed by atoms with E-state index in [9.17, 15) is 4.79 Å². The van der Waals surface area contributed by atoms with E-state index in [-0.39, 0.29) is 12.1 Å². The quantitative estimate of drug-likeness (QED) is 0.911. The summed E-state index contributed by atoms with van der Waals surface area (Å²) in [6.45, 7) is 6.99. The van der Waals surface area contributed by atoms with Crippen LogP contribution in [-0.2, 0) is 0 Å². The minimum absolute atomic E-state index is 0.0238. The van der Waals surface area contributed by atoms with Gasteiger partial charge in [-0.25, -0.2) is 14.8 Å². The largest absolute Gasteiger partial charge is 0.337 e. The van der Waals surface area contributed by atoms with Crippen LogP contribution in [0.5, 0.6) is 0 Å². The molecule has 2 amide bonds. The van der Waals surface area contributed by atoms with E-state index in [1.54, 1.807) is 12.4 Å². The maximum absolute atomic E-state index is 12.0. The van der Waals surface area contributed by atoms with Crippen LogP contribution in [0.25, 0.3) is 0 Å². The van der Waals surface area contributed by atoms with Crippen LogP contribution in [0.1, 0.15) is 20.3 Å². The van der Waals surface area contributed by atoms with Crippen molar-refractivity contribution in [2.45, 2.75) is 26.3 Å². The van der Waals surface area contributed by atoms with E-state index in [4.69, 9.17) is 0 Å². The number of piperazine rings is 1. The molecule has 1 aromatic heterocycles. The first-order valence-electron chi connectivity index (χ1n) is 6.88. The molecule has 1 fully saturated rings. The Balaban J connectivity index is 1.86. The summed E-state index contributed by atoms with van der Waals surface area (Å²) in [6, 6.07) is 0.242. The minimum atomic E-state index is 0.0238. The molecule has 7 heteroatoms. The van der Waals surface area contributed by atoms with Crippen molar-refractivity contribution in [1.29, 1.82) is 0 Å². The molecule has 0 bridgehead atoms. The van der Waals surface area contributed by atoms with Gasteiger partial charge in [0.25, 0.3) is 0 Å². The van der Waals surface area contributed by atoms with Gasteiger partial charge in [0.15, 0.2) is 0 Å². The first-order valence-corrected chi connectivity index (χ1v) is 7.67. The maximum atomic E-state index is 12.0. The van der Waals surface area contributed by atoms with Crippen molar-refractivity contribution in [3.05, 3.63) is 16.9 Å². The zero-order valence-corrected chi connectivity index (χ0v) is 13.4. The lowest BCUT2D eigenvalue weighted by molar-refractivity contribution is 0.190. The van der Waals surface area contributed by atoms with Gasteiger partial charge in [-0.15, -0.1) is 0 Å². The molecule has 2 rings (SSSR count). The van der Waals surface area contributed by atoms with Gasteiger partial charge in [-0.2, -0.15) is 0 Å². The number of rotatable bonds is 3. The number of amides is 2. The van der Waals surface area contributed by atoms with Crippen LogP contribution in [0.4, 0.5) is 10.7 Å². The van der Waals surface area contributed by atoms with E-state index < -0.39 is 0 Å². The SMILES string of the molecule is CC[C@@H](C)NC(=O)N1CCN(c2ncc(Br)cn2)CC1. The fourth-order valence-electron chi connectivity index (χ4n) is 1.98. The summed E-state index contributed by atoms with van der Waals surface area (Å²) in [7, 11) is 0. The second-order valence-corrected chi connectivity index (χ2v) is 5.85. The summed E-state index contributed by atoms with van der Waals surface area (Å²) < 4.78 is 0.868. The van der Waals surface area contributed by atoms with Crippen molar-refractivity contribution < 1.29 is 4.79 Å². The molecule has 1 N–H and O–H groups in total. The molecule has 1 aliphatic heterocycles. The number of anilines is 1. The molecule has 0 radical (unpaired) electrons. The molecule has 2 heterocycles. The molecule has 0 unspecified atom stereocenters. The molecular formula is C13H20BrN5O. The third-order valence-corrected chi connectivity index (χ3v) is 3.85. The predicted octanol–water partition coefficient (Wildman–Crippen LogP) is 1.87. The van der Waals surface area contributed by atoms with Crippen molar-refractivity contribution in [3.8, 4) is 0 Å². The average Bonchev–Trinajstić information content (AvgIpc) is 2.48. The van der Waals surface area contributed by atoms with Gasteiger partial charge in [0.05, 0.1) is 4.47 Å². The summed E-state index contributed by atoms with van der Waals surface area (Å²) in [5.74, 6) is 0.718. The maximum Gasteiger partial charge on any atom is 0.317 e. The third-order valence-electron chi connectivity index (χ3n) is 3.44. The number of carbonyl (C=O) groups is 1. The molecule has 0 saturated carbocycles. The molecular weight excluding hydrogens is 322 g/mol. The van der Waals surface area contributed by atoms with Crippen molar-refractivity contribution in [2.75, 3.05) is 31.1 Å². The number of halogens is 1. The van der Waals surface area contributed by atoms with Gasteiger partial charge in [0.2, 0.25) is 5.95 Å². The van der Waals surface area contributed by atoms with Gasteiger partial charge >= 0.3 is 6.03 Å². The van der Waals surface area contributed by atoms with Crippen LogP contribution in [0.2, 0.25) is 0 Å². The number of urea groups is 1. The fraction of sp³-hybridized carbons (Fsp3) is 0.615. The number of nitrogens with one attached hydrogen (secondary N) is 1. The van der Waals surface area contributed by atoms with E-state index in [0.717, 1.165) is 29.9 Å². The van der Waals surface area contributed by atoms with Crippen LogP contribution in [0, 0.1) is 0 Å². The van der Waals surface area contributed by atoms with Crippen LogP contribution >= 0.6 is 15.9 Å². The number of nitrogens with zero attached hydrogens (tertiary/aromatic N) is 4. The molecule has 0 spiro atoms. The van der Waals surface area contributed by atoms with Crippen molar-refractivity contribution in [3.63, 3.8) is 0 Å². The molecule has 6 nitrogen and oxygen atoms in total. The van der Waals surface area contributed by atoms with Gasteiger partial charge in [-0.05, 0) is 29.3 Å². The molecule has 1 atom stereocenters. The van der Waals surface area contributed by atoms with Gasteiger partial charge in [0.1, 0.15) is 0 Å². The van der Waals surface area contributed by atoms with Gasteiger partial charge in [0, 0.05) is 44.6 Å². The molecule has 0 aromatic carbocycles. The highest BCUT2D eigenvalue weighted by Gasteiger charge is 2.22. The lowest BCUT2D eigenvalue weighted by Gasteiger charge is -2.35. The lowest BCUT2D eigenvalue weighted by Crippen LogP contribution is -2.53. The van der Waals surface area contributed by atoms with Gasteiger partial charge in [-0.1, -0.05) is 6.92 Å². The Morgan fingerprint density at radius 1 is 1.35 bits per heavy atom.